The second-order valence-corrected chi connectivity index (χ2v) is 6.58. The fraction of sp³-hybridized carbons (Fsp3) is 0.300. The molecule has 4 rings (SSSR count). The highest BCUT2D eigenvalue weighted by atomic mass is 16.5. The van der Waals surface area contributed by atoms with Crippen LogP contribution in [-0.2, 0) is 4.79 Å². The van der Waals surface area contributed by atoms with E-state index in [0.717, 1.165) is 5.39 Å². The van der Waals surface area contributed by atoms with Crippen molar-refractivity contribution in [1.29, 1.82) is 0 Å². The molecular weight excluding hydrogens is 360 g/mol. The first-order valence-corrected chi connectivity index (χ1v) is 9.11. The summed E-state index contributed by atoms with van der Waals surface area (Å²) < 4.78 is 11.0. The molecule has 28 heavy (non-hydrogen) atoms. The minimum atomic E-state index is -0.646. The maximum atomic E-state index is 12.7. The van der Waals surface area contributed by atoms with E-state index >= 15 is 0 Å². The second-order valence-electron chi connectivity index (χ2n) is 6.58. The fourth-order valence-electron chi connectivity index (χ4n) is 3.21. The quantitative estimate of drug-likeness (QED) is 0.637. The number of piperazine rings is 1. The van der Waals surface area contributed by atoms with Crippen molar-refractivity contribution in [2.75, 3.05) is 31.1 Å². The third-order valence-corrected chi connectivity index (χ3v) is 4.68. The zero-order chi connectivity index (χ0) is 19.5. The smallest absolute Gasteiger partial charge is 0.336 e. The zero-order valence-corrected chi connectivity index (χ0v) is 15.4. The zero-order valence-electron chi connectivity index (χ0n) is 15.4. The van der Waals surface area contributed by atoms with Gasteiger partial charge in [0.15, 0.2) is 6.10 Å². The molecule has 3 aromatic rings. The molecule has 1 atom stereocenters. The third-order valence-electron chi connectivity index (χ3n) is 4.68. The Morgan fingerprint density at radius 2 is 1.82 bits per heavy atom. The number of hydrogen-bond donors (Lipinski definition) is 0. The molecule has 1 fully saturated rings. The van der Waals surface area contributed by atoms with Crippen LogP contribution in [0.1, 0.15) is 6.92 Å². The van der Waals surface area contributed by atoms with Gasteiger partial charge < -0.3 is 19.0 Å². The molecule has 3 heterocycles. The Morgan fingerprint density at radius 3 is 2.57 bits per heavy atom. The summed E-state index contributed by atoms with van der Waals surface area (Å²) in [7, 11) is 0. The molecule has 1 amide bonds. The predicted octanol–water partition coefficient (Wildman–Crippen LogP) is 1.70. The van der Waals surface area contributed by atoms with Crippen LogP contribution in [0, 0.1) is 0 Å². The lowest BCUT2D eigenvalue weighted by Crippen LogP contribution is -2.52. The first-order chi connectivity index (χ1) is 13.6. The van der Waals surface area contributed by atoms with Crippen LogP contribution in [0.15, 0.2) is 58.0 Å². The minimum absolute atomic E-state index is 0.0803. The van der Waals surface area contributed by atoms with E-state index in [1.54, 1.807) is 54.5 Å². The second kappa shape index (κ2) is 7.67. The van der Waals surface area contributed by atoms with E-state index in [9.17, 15) is 9.59 Å². The van der Waals surface area contributed by atoms with Crippen molar-refractivity contribution < 1.29 is 13.9 Å². The molecule has 0 bridgehead atoms. The van der Waals surface area contributed by atoms with Gasteiger partial charge in [0.05, 0.1) is 0 Å². The highest BCUT2D eigenvalue weighted by Gasteiger charge is 2.27. The molecule has 2 aromatic heterocycles. The normalized spacial score (nSPS) is 15.5. The highest BCUT2D eigenvalue weighted by molar-refractivity contribution is 5.82. The van der Waals surface area contributed by atoms with Gasteiger partial charge in [0.1, 0.15) is 11.3 Å². The standard InChI is InChI=1S/C20H20N4O4/c1-14(27-16-5-3-15-4-6-18(25)28-17(15)13-16)19(26)23-9-11-24(12-10-23)20-21-7-2-8-22-20/h2-8,13-14H,9-12H2,1H3. The number of amides is 1. The van der Waals surface area contributed by atoms with Gasteiger partial charge >= 0.3 is 5.63 Å². The Kier molecular flexibility index (Phi) is 4.92. The van der Waals surface area contributed by atoms with E-state index in [1.165, 1.54) is 6.07 Å². The van der Waals surface area contributed by atoms with Crippen molar-refractivity contribution in [3.05, 3.63) is 59.2 Å². The summed E-state index contributed by atoms with van der Waals surface area (Å²) in [5.41, 5.74) is 0.00941. The van der Waals surface area contributed by atoms with Crippen LogP contribution in [0.4, 0.5) is 5.95 Å². The number of nitrogens with zero attached hydrogens (tertiary/aromatic N) is 4. The molecule has 0 spiro atoms. The number of rotatable bonds is 4. The highest BCUT2D eigenvalue weighted by Crippen LogP contribution is 2.21. The van der Waals surface area contributed by atoms with E-state index in [4.69, 9.17) is 9.15 Å². The van der Waals surface area contributed by atoms with Gasteiger partial charge in [-0.05, 0) is 31.2 Å². The van der Waals surface area contributed by atoms with E-state index in [1.807, 2.05) is 0 Å². The molecule has 144 valence electrons. The molecular formula is C20H20N4O4. The summed E-state index contributed by atoms with van der Waals surface area (Å²) in [4.78, 5) is 36.5. The van der Waals surface area contributed by atoms with Crippen LogP contribution in [0.25, 0.3) is 11.0 Å². The SMILES string of the molecule is CC(Oc1ccc2ccc(=O)oc2c1)C(=O)N1CCN(c2ncccn2)CC1. The molecule has 0 aliphatic carbocycles. The van der Waals surface area contributed by atoms with Gasteiger partial charge in [0.25, 0.3) is 5.91 Å². The van der Waals surface area contributed by atoms with Crippen molar-refractivity contribution in [2.24, 2.45) is 0 Å². The molecule has 1 saturated heterocycles. The van der Waals surface area contributed by atoms with Gasteiger partial charge in [-0.3, -0.25) is 4.79 Å². The molecule has 8 heteroatoms. The number of benzene rings is 1. The largest absolute Gasteiger partial charge is 0.481 e. The number of fused-ring (bicyclic) bond motifs is 1. The summed E-state index contributed by atoms with van der Waals surface area (Å²) in [6, 6.07) is 10.0. The van der Waals surface area contributed by atoms with Crippen LogP contribution >= 0.6 is 0 Å². The number of anilines is 1. The Labute approximate surface area is 161 Å². The average Bonchev–Trinajstić information content (AvgIpc) is 2.73. The number of carbonyl (C=O) groups is 1. The molecule has 1 aromatic carbocycles. The molecule has 1 aliphatic heterocycles. The Bertz CT molecular complexity index is 1030. The van der Waals surface area contributed by atoms with E-state index in [0.29, 0.717) is 43.5 Å². The minimum Gasteiger partial charge on any atom is -0.481 e. The molecule has 1 unspecified atom stereocenters. The molecule has 0 radical (unpaired) electrons. The predicted molar refractivity (Wildman–Crippen MR) is 103 cm³/mol. The van der Waals surface area contributed by atoms with Gasteiger partial charge in [0.2, 0.25) is 5.95 Å². The Balaban J connectivity index is 1.38. The van der Waals surface area contributed by atoms with Crippen LogP contribution in [0.2, 0.25) is 0 Å². The van der Waals surface area contributed by atoms with Crippen LogP contribution in [-0.4, -0.2) is 53.1 Å². The van der Waals surface area contributed by atoms with E-state index < -0.39 is 11.7 Å². The average molecular weight is 380 g/mol. The maximum Gasteiger partial charge on any atom is 0.336 e. The lowest BCUT2D eigenvalue weighted by atomic mass is 10.2. The molecule has 1 aliphatic rings. The van der Waals surface area contributed by atoms with Crippen molar-refractivity contribution in [3.63, 3.8) is 0 Å². The monoisotopic (exact) mass is 380 g/mol. The topological polar surface area (TPSA) is 88.8 Å². The third kappa shape index (κ3) is 3.80. The number of hydrogen-bond acceptors (Lipinski definition) is 7. The molecule has 0 saturated carbocycles. The molecule has 8 nitrogen and oxygen atoms in total. The van der Waals surface area contributed by atoms with Gasteiger partial charge in [-0.2, -0.15) is 0 Å². The Hall–Kier alpha value is -3.42. The number of carbonyl (C=O) groups excluding carboxylic acids is 1. The maximum absolute atomic E-state index is 12.7. The van der Waals surface area contributed by atoms with Gasteiger partial charge in [0, 0.05) is 56.1 Å². The molecule has 0 N–H and O–H groups in total. The van der Waals surface area contributed by atoms with E-state index in [-0.39, 0.29) is 5.91 Å². The van der Waals surface area contributed by atoms with Crippen LogP contribution in [0.5, 0.6) is 5.75 Å². The van der Waals surface area contributed by atoms with Crippen LogP contribution in [0.3, 0.4) is 0 Å². The van der Waals surface area contributed by atoms with Gasteiger partial charge in [-0.15, -0.1) is 0 Å². The van der Waals surface area contributed by atoms with Crippen LogP contribution < -0.4 is 15.3 Å². The first kappa shape index (κ1) is 18.0. The van der Waals surface area contributed by atoms with Crippen molar-refractivity contribution in [2.45, 2.75) is 13.0 Å². The lowest BCUT2D eigenvalue weighted by Gasteiger charge is -2.35. The van der Waals surface area contributed by atoms with Crippen molar-refractivity contribution in [3.8, 4) is 5.75 Å². The summed E-state index contributed by atoms with van der Waals surface area (Å²) >= 11 is 0. The van der Waals surface area contributed by atoms with E-state index in [2.05, 4.69) is 14.9 Å². The number of aromatic nitrogens is 2. The first-order valence-electron chi connectivity index (χ1n) is 9.11. The van der Waals surface area contributed by atoms with Crippen molar-refractivity contribution in [1.82, 2.24) is 14.9 Å². The summed E-state index contributed by atoms with van der Waals surface area (Å²) in [6.07, 6.45) is 2.77. The van der Waals surface area contributed by atoms with Gasteiger partial charge in [-0.1, -0.05) is 0 Å². The summed E-state index contributed by atoms with van der Waals surface area (Å²) in [6.45, 7) is 4.22. The summed E-state index contributed by atoms with van der Waals surface area (Å²) in [5, 5.41) is 0.796. The number of ether oxygens (including phenoxy) is 1. The summed E-state index contributed by atoms with van der Waals surface area (Å²) in [5.74, 6) is 1.08. The van der Waals surface area contributed by atoms with Crippen molar-refractivity contribution >= 4 is 22.8 Å². The van der Waals surface area contributed by atoms with Gasteiger partial charge in [-0.25, -0.2) is 14.8 Å². The lowest BCUT2D eigenvalue weighted by molar-refractivity contribution is -0.138. The Morgan fingerprint density at radius 1 is 1.11 bits per heavy atom. The fourth-order valence-corrected chi connectivity index (χ4v) is 3.21.